The summed E-state index contributed by atoms with van der Waals surface area (Å²) in [5.41, 5.74) is 1.27. The maximum atomic E-state index is 13.0. The van der Waals surface area contributed by atoms with E-state index in [1.807, 2.05) is 0 Å². The normalized spacial score (nSPS) is 11.5. The predicted molar refractivity (Wildman–Crippen MR) is 116 cm³/mol. The second-order valence-electron chi connectivity index (χ2n) is 6.29. The second-order valence-corrected chi connectivity index (χ2v) is 8.21. The number of nitrogens with one attached hydrogen (secondary N) is 1. The van der Waals surface area contributed by atoms with Crippen LogP contribution in [0.4, 0.5) is 5.69 Å². The summed E-state index contributed by atoms with van der Waals surface area (Å²) >= 11 is 0. The molecule has 10 heteroatoms. The lowest BCUT2D eigenvalue weighted by atomic mass is 10.2. The van der Waals surface area contributed by atoms with Crippen molar-refractivity contribution < 1.29 is 37.3 Å². The molecule has 0 aliphatic rings. The second kappa shape index (κ2) is 10.6. The molecule has 0 atom stereocenters. The van der Waals surface area contributed by atoms with E-state index in [2.05, 4.69) is 5.32 Å². The SMILES string of the molecule is COC(=Cc1cccc(OC)c1OC)S(=O)(=O)Cc1ccc(OC)c(NCC(=O)O)c1. The number of sulfone groups is 1. The van der Waals surface area contributed by atoms with Crippen LogP contribution in [0.1, 0.15) is 11.1 Å². The van der Waals surface area contributed by atoms with Crippen LogP contribution in [0.3, 0.4) is 0 Å². The van der Waals surface area contributed by atoms with E-state index in [9.17, 15) is 13.2 Å². The number of rotatable bonds is 11. The summed E-state index contributed by atoms with van der Waals surface area (Å²) < 4.78 is 47.0. The zero-order valence-electron chi connectivity index (χ0n) is 17.7. The summed E-state index contributed by atoms with van der Waals surface area (Å²) in [6.07, 6.45) is 1.36. The third-order valence-electron chi connectivity index (χ3n) is 4.27. The van der Waals surface area contributed by atoms with Crippen molar-refractivity contribution in [2.24, 2.45) is 0 Å². The summed E-state index contributed by atoms with van der Waals surface area (Å²) in [4.78, 5) is 10.8. The smallest absolute Gasteiger partial charge is 0.322 e. The van der Waals surface area contributed by atoms with Gasteiger partial charge in [0.25, 0.3) is 0 Å². The molecule has 0 saturated carbocycles. The molecule has 9 nitrogen and oxygen atoms in total. The van der Waals surface area contributed by atoms with Crippen LogP contribution in [0, 0.1) is 0 Å². The molecule has 0 aromatic heterocycles. The Morgan fingerprint density at radius 3 is 2.32 bits per heavy atom. The van der Waals surface area contributed by atoms with Crippen molar-refractivity contribution in [3.8, 4) is 17.2 Å². The van der Waals surface area contributed by atoms with Crippen molar-refractivity contribution in [1.29, 1.82) is 0 Å². The number of para-hydroxylation sites is 1. The molecule has 0 spiro atoms. The number of hydrogen-bond acceptors (Lipinski definition) is 8. The fourth-order valence-electron chi connectivity index (χ4n) is 2.87. The summed E-state index contributed by atoms with van der Waals surface area (Å²) in [7, 11) is 1.77. The minimum absolute atomic E-state index is 0.255. The topological polar surface area (TPSA) is 120 Å². The minimum atomic E-state index is -3.88. The lowest BCUT2D eigenvalue weighted by molar-refractivity contribution is -0.134. The molecule has 2 N–H and O–H groups in total. The van der Waals surface area contributed by atoms with E-state index < -0.39 is 15.8 Å². The molecule has 2 aromatic rings. The highest BCUT2D eigenvalue weighted by atomic mass is 32.2. The number of methoxy groups -OCH3 is 4. The summed E-state index contributed by atoms with van der Waals surface area (Å²) in [5, 5.41) is 11.3. The van der Waals surface area contributed by atoms with Gasteiger partial charge in [-0.2, -0.15) is 0 Å². The molecule has 31 heavy (non-hydrogen) atoms. The van der Waals surface area contributed by atoms with Crippen molar-refractivity contribution in [2.75, 3.05) is 40.3 Å². The number of ether oxygens (including phenoxy) is 4. The summed E-state index contributed by atoms with van der Waals surface area (Å²) in [6, 6.07) is 9.76. The minimum Gasteiger partial charge on any atom is -0.495 e. The molecule has 2 aromatic carbocycles. The molecular formula is C21H25NO8S. The van der Waals surface area contributed by atoms with Crippen molar-refractivity contribution in [3.63, 3.8) is 0 Å². The number of hydrogen-bond donors (Lipinski definition) is 2. The average molecular weight is 451 g/mol. The Balaban J connectivity index is 2.39. The fraction of sp³-hybridized carbons (Fsp3) is 0.286. The third-order valence-corrected chi connectivity index (χ3v) is 5.88. The Morgan fingerprint density at radius 2 is 1.74 bits per heavy atom. The van der Waals surface area contributed by atoms with Crippen LogP contribution in [0.5, 0.6) is 17.2 Å². The Kier molecular flexibility index (Phi) is 8.14. The van der Waals surface area contributed by atoms with E-state index in [1.165, 1.54) is 40.6 Å². The summed E-state index contributed by atoms with van der Waals surface area (Å²) in [6.45, 7) is -0.342. The molecule has 2 rings (SSSR count). The number of anilines is 1. The molecule has 0 bridgehead atoms. The van der Waals surface area contributed by atoms with Gasteiger partial charge >= 0.3 is 5.97 Å². The van der Waals surface area contributed by atoms with Gasteiger partial charge in [-0.05, 0) is 23.8 Å². The van der Waals surface area contributed by atoms with Gasteiger partial charge in [0.2, 0.25) is 14.9 Å². The van der Waals surface area contributed by atoms with Gasteiger partial charge in [-0.15, -0.1) is 0 Å². The maximum Gasteiger partial charge on any atom is 0.322 e. The van der Waals surface area contributed by atoms with Gasteiger partial charge in [-0.25, -0.2) is 8.42 Å². The zero-order chi connectivity index (χ0) is 23.0. The molecule has 0 fully saturated rings. The molecule has 0 aliphatic carbocycles. The highest BCUT2D eigenvalue weighted by Gasteiger charge is 2.22. The third kappa shape index (κ3) is 6.05. The van der Waals surface area contributed by atoms with Crippen molar-refractivity contribution in [1.82, 2.24) is 0 Å². The lowest BCUT2D eigenvalue weighted by Crippen LogP contribution is -2.14. The zero-order valence-corrected chi connectivity index (χ0v) is 18.5. The van der Waals surface area contributed by atoms with Crippen LogP contribution < -0.4 is 19.5 Å². The highest BCUT2D eigenvalue weighted by molar-refractivity contribution is 7.94. The van der Waals surface area contributed by atoms with Gasteiger partial charge in [-0.3, -0.25) is 4.79 Å². The van der Waals surface area contributed by atoms with Crippen LogP contribution >= 0.6 is 0 Å². The van der Waals surface area contributed by atoms with Crippen LogP contribution in [0.25, 0.3) is 6.08 Å². The van der Waals surface area contributed by atoms with E-state index in [4.69, 9.17) is 24.1 Å². The van der Waals surface area contributed by atoms with Gasteiger partial charge in [0, 0.05) is 11.6 Å². The maximum absolute atomic E-state index is 13.0. The lowest BCUT2D eigenvalue weighted by Gasteiger charge is -2.14. The van der Waals surface area contributed by atoms with Crippen molar-refractivity contribution in [3.05, 3.63) is 52.6 Å². The van der Waals surface area contributed by atoms with Crippen molar-refractivity contribution in [2.45, 2.75) is 5.75 Å². The number of aliphatic carboxylic acids is 1. The average Bonchev–Trinajstić information content (AvgIpc) is 2.75. The standard InChI is InChI=1S/C21H25NO8S/c1-27-17-9-8-14(10-16(17)22-12-19(23)24)13-31(25,26)20(29-3)11-15-6-5-7-18(28-2)21(15)30-4/h5-11,22H,12-13H2,1-4H3,(H,23,24). The highest BCUT2D eigenvalue weighted by Crippen LogP contribution is 2.33. The van der Waals surface area contributed by atoms with Gasteiger partial charge < -0.3 is 29.4 Å². The quantitative estimate of drug-likeness (QED) is 0.497. The van der Waals surface area contributed by atoms with Gasteiger partial charge in [0.1, 0.15) is 12.3 Å². The summed E-state index contributed by atoms with van der Waals surface area (Å²) in [5.74, 6) is -0.208. The Morgan fingerprint density at radius 1 is 1.03 bits per heavy atom. The van der Waals surface area contributed by atoms with E-state index in [0.717, 1.165) is 0 Å². The van der Waals surface area contributed by atoms with E-state index in [-0.39, 0.29) is 17.4 Å². The molecule has 0 amide bonds. The van der Waals surface area contributed by atoms with Crippen molar-refractivity contribution >= 4 is 27.6 Å². The number of benzene rings is 2. The largest absolute Gasteiger partial charge is 0.495 e. The number of carbonyl (C=O) groups is 1. The first-order chi connectivity index (χ1) is 14.7. The van der Waals surface area contributed by atoms with Gasteiger partial charge in [0.05, 0.1) is 39.9 Å². The molecule has 0 radical (unpaired) electrons. The Hall–Kier alpha value is -3.40. The fourth-order valence-corrected chi connectivity index (χ4v) is 4.19. The van der Waals surface area contributed by atoms with E-state index in [1.54, 1.807) is 30.3 Å². The molecule has 0 heterocycles. The molecule has 168 valence electrons. The Bertz CT molecular complexity index is 1060. The van der Waals surface area contributed by atoms with Crippen LogP contribution in [-0.4, -0.2) is 54.5 Å². The van der Waals surface area contributed by atoms with Gasteiger partial charge in [0.15, 0.2) is 11.5 Å². The predicted octanol–water partition coefficient (Wildman–Crippen LogP) is 2.77. The number of carboxylic acid groups (broad SMARTS) is 1. The van der Waals surface area contributed by atoms with E-state index >= 15 is 0 Å². The number of carboxylic acids is 1. The first-order valence-electron chi connectivity index (χ1n) is 9.07. The molecular weight excluding hydrogens is 426 g/mol. The van der Waals surface area contributed by atoms with Gasteiger partial charge in [-0.1, -0.05) is 18.2 Å². The molecule has 0 unspecified atom stereocenters. The first kappa shape index (κ1) is 23.9. The monoisotopic (exact) mass is 451 g/mol. The Labute approximate surface area is 181 Å². The van der Waals surface area contributed by atoms with Crippen LogP contribution in [0.2, 0.25) is 0 Å². The molecule has 0 saturated heterocycles. The van der Waals surface area contributed by atoms with Crippen LogP contribution in [-0.2, 0) is 25.1 Å². The molecule has 0 aliphatic heterocycles. The van der Waals surface area contributed by atoms with Crippen LogP contribution in [0.15, 0.2) is 41.5 Å². The van der Waals surface area contributed by atoms with E-state index in [0.29, 0.717) is 34.1 Å². The first-order valence-corrected chi connectivity index (χ1v) is 10.7.